The van der Waals surface area contributed by atoms with Crippen LogP contribution in [0.1, 0.15) is 39.1 Å². The third kappa shape index (κ3) is 6.44. The van der Waals surface area contributed by atoms with Crippen LogP contribution in [-0.2, 0) is 11.3 Å². The van der Waals surface area contributed by atoms with Gasteiger partial charge in [-0.2, -0.15) is 5.10 Å². The number of carbonyl (C=O) groups is 2. The summed E-state index contributed by atoms with van der Waals surface area (Å²) in [5.41, 5.74) is 2.06. The first kappa shape index (κ1) is 27.8. The van der Waals surface area contributed by atoms with Crippen molar-refractivity contribution in [1.29, 1.82) is 0 Å². The number of nitrogens with one attached hydrogen (secondary N) is 1. The van der Waals surface area contributed by atoms with E-state index in [1.165, 1.54) is 4.90 Å². The number of amides is 2. The molecule has 4 rings (SSSR count). The molecule has 38 heavy (non-hydrogen) atoms. The molecular formula is C25H29F5N4O3S. The summed E-state index contributed by atoms with van der Waals surface area (Å²) in [6, 6.07) is 5.79. The van der Waals surface area contributed by atoms with Gasteiger partial charge in [-0.05, 0) is 67.6 Å². The Bertz CT molecular complexity index is 1350. The van der Waals surface area contributed by atoms with Crippen molar-refractivity contribution in [2.24, 2.45) is 5.92 Å². The molecule has 1 aromatic heterocycles. The Morgan fingerprint density at radius 1 is 1.08 bits per heavy atom. The van der Waals surface area contributed by atoms with E-state index in [2.05, 4.69) is 10.4 Å². The van der Waals surface area contributed by atoms with Crippen LogP contribution >= 0.6 is 10.2 Å². The summed E-state index contributed by atoms with van der Waals surface area (Å²) in [6.45, 7) is 4.05. The van der Waals surface area contributed by atoms with E-state index in [9.17, 15) is 29.0 Å². The van der Waals surface area contributed by atoms with Crippen molar-refractivity contribution in [2.45, 2.75) is 31.2 Å². The number of aryl methyl sites for hydroxylation is 1. The molecule has 0 unspecified atom stereocenters. The molecule has 0 saturated carbocycles. The van der Waals surface area contributed by atoms with Gasteiger partial charge in [0.05, 0.1) is 12.1 Å². The van der Waals surface area contributed by atoms with Gasteiger partial charge in [0.2, 0.25) is 0 Å². The fraction of sp³-hybridized carbons (Fsp3) is 0.400. The normalized spacial score (nSPS) is 16.8. The van der Waals surface area contributed by atoms with Crippen LogP contribution in [-0.4, -0.2) is 59.8 Å². The van der Waals surface area contributed by atoms with Crippen LogP contribution in [0.15, 0.2) is 47.5 Å². The molecule has 1 saturated heterocycles. The summed E-state index contributed by atoms with van der Waals surface area (Å²) in [5.74, 6) is -0.468. The largest absolute Gasteiger partial charge is 0.383 e. The number of fused-ring (bicyclic) bond motifs is 1. The van der Waals surface area contributed by atoms with Gasteiger partial charge < -0.3 is 15.0 Å². The predicted octanol–water partition coefficient (Wildman–Crippen LogP) is 5.93. The molecule has 0 spiro atoms. The number of carbonyl (C=O) groups excluding carboxylic acids is 2. The summed E-state index contributed by atoms with van der Waals surface area (Å²) in [7, 11) is -8.22. The highest BCUT2D eigenvalue weighted by Crippen LogP contribution is 3.02. The molecule has 2 amide bonds. The van der Waals surface area contributed by atoms with Crippen molar-refractivity contribution in [2.75, 3.05) is 33.4 Å². The highest BCUT2D eigenvalue weighted by atomic mass is 32.5. The van der Waals surface area contributed by atoms with E-state index in [1.807, 2.05) is 23.9 Å². The Labute approximate surface area is 216 Å². The lowest BCUT2D eigenvalue weighted by Crippen LogP contribution is -2.39. The SMILES string of the molecule is COCCNC(=O)c1cc2cn(CC3CCN(C(=O)c4ccc(S(F)(F)(F)(F)F)cc4)CC3)nc2cc1C. The fourth-order valence-corrected chi connectivity index (χ4v) is 5.20. The average Bonchev–Trinajstić information content (AvgIpc) is 3.23. The zero-order valence-corrected chi connectivity index (χ0v) is 21.7. The number of piperidine rings is 1. The molecule has 1 aliphatic heterocycles. The molecular weight excluding hydrogens is 531 g/mol. The maximum atomic E-state index is 12.9. The van der Waals surface area contributed by atoms with E-state index in [1.54, 1.807) is 13.2 Å². The highest BCUT2D eigenvalue weighted by Gasteiger charge is 2.65. The third-order valence-corrected chi connectivity index (χ3v) is 7.79. The summed E-state index contributed by atoms with van der Waals surface area (Å²) in [5, 5.41) is 8.26. The number of hydrogen-bond donors (Lipinski definition) is 1. The first-order chi connectivity index (χ1) is 17.6. The molecule has 2 aromatic carbocycles. The third-order valence-electron chi connectivity index (χ3n) is 6.63. The first-order valence-corrected chi connectivity index (χ1v) is 14.0. The van der Waals surface area contributed by atoms with Crippen LogP contribution in [0.5, 0.6) is 0 Å². The topological polar surface area (TPSA) is 76.5 Å². The maximum Gasteiger partial charge on any atom is 0.310 e. The number of halogens is 5. The Kier molecular flexibility index (Phi) is 6.98. The highest BCUT2D eigenvalue weighted by molar-refractivity contribution is 8.45. The van der Waals surface area contributed by atoms with Gasteiger partial charge in [0.15, 0.2) is 0 Å². The molecule has 208 valence electrons. The van der Waals surface area contributed by atoms with Gasteiger partial charge in [0.25, 0.3) is 11.8 Å². The molecule has 2 heterocycles. The zero-order valence-electron chi connectivity index (χ0n) is 20.9. The number of benzene rings is 2. The van der Waals surface area contributed by atoms with Gasteiger partial charge in [0, 0.05) is 56.0 Å². The lowest BCUT2D eigenvalue weighted by Gasteiger charge is -2.40. The second kappa shape index (κ2) is 9.53. The number of aromatic nitrogens is 2. The molecule has 0 aliphatic carbocycles. The van der Waals surface area contributed by atoms with Crippen molar-refractivity contribution in [3.63, 3.8) is 0 Å². The number of methoxy groups -OCH3 is 1. The van der Waals surface area contributed by atoms with E-state index < -0.39 is 21.0 Å². The van der Waals surface area contributed by atoms with Gasteiger partial charge in [-0.15, -0.1) is 0 Å². The molecule has 1 fully saturated rings. The minimum atomic E-state index is -9.78. The number of rotatable bonds is 8. The van der Waals surface area contributed by atoms with Crippen molar-refractivity contribution in [3.05, 3.63) is 59.3 Å². The van der Waals surface area contributed by atoms with Gasteiger partial charge in [-0.25, -0.2) is 0 Å². The predicted molar refractivity (Wildman–Crippen MR) is 135 cm³/mol. The molecule has 3 aromatic rings. The van der Waals surface area contributed by atoms with E-state index in [0.717, 1.165) is 28.6 Å². The van der Waals surface area contributed by atoms with Crippen molar-refractivity contribution in [1.82, 2.24) is 20.0 Å². The first-order valence-electron chi connectivity index (χ1n) is 12.0. The summed E-state index contributed by atoms with van der Waals surface area (Å²) >= 11 is 0. The Morgan fingerprint density at radius 3 is 2.34 bits per heavy atom. The molecule has 1 aliphatic rings. The van der Waals surface area contributed by atoms with Crippen LogP contribution in [0.4, 0.5) is 19.4 Å². The van der Waals surface area contributed by atoms with Crippen molar-refractivity contribution in [3.8, 4) is 0 Å². The Hall–Kier alpha value is -3.19. The summed E-state index contributed by atoms with van der Waals surface area (Å²) < 4.78 is 71.4. The van der Waals surface area contributed by atoms with E-state index in [0.29, 0.717) is 51.2 Å². The number of ether oxygens (including phenoxy) is 1. The monoisotopic (exact) mass is 560 g/mol. The van der Waals surface area contributed by atoms with Gasteiger partial charge in [0.1, 0.15) is 4.90 Å². The minimum absolute atomic E-state index is 0.0650. The summed E-state index contributed by atoms with van der Waals surface area (Å²) in [4.78, 5) is 24.7. The van der Waals surface area contributed by atoms with E-state index in [4.69, 9.17) is 4.74 Å². The molecule has 7 nitrogen and oxygen atoms in total. The molecule has 0 bridgehead atoms. The molecule has 13 heteroatoms. The molecule has 0 radical (unpaired) electrons. The van der Waals surface area contributed by atoms with Crippen LogP contribution in [0, 0.1) is 12.8 Å². The molecule has 0 atom stereocenters. The van der Waals surface area contributed by atoms with E-state index >= 15 is 0 Å². The summed E-state index contributed by atoms with van der Waals surface area (Å²) in [6.07, 6.45) is 3.17. The lowest BCUT2D eigenvalue weighted by atomic mass is 9.96. The van der Waals surface area contributed by atoms with Crippen LogP contribution in [0.25, 0.3) is 10.9 Å². The number of likely N-dealkylation sites (tertiary alicyclic amines) is 1. The smallest absolute Gasteiger partial charge is 0.310 e. The maximum absolute atomic E-state index is 12.9. The quantitative estimate of drug-likeness (QED) is 0.274. The number of nitrogens with zero attached hydrogens (tertiary/aromatic N) is 3. The van der Waals surface area contributed by atoms with Crippen LogP contribution in [0.3, 0.4) is 0 Å². The number of hydrogen-bond acceptors (Lipinski definition) is 4. The van der Waals surface area contributed by atoms with Gasteiger partial charge in [-0.1, -0.05) is 19.4 Å². The average molecular weight is 561 g/mol. The zero-order chi connectivity index (χ0) is 27.8. The Morgan fingerprint density at radius 2 is 1.74 bits per heavy atom. The standard InChI is InChI=1S/C25H29F5N4O3S/c1-17-13-23-20(14-22(17)24(35)31-9-12-37-2)16-34(32-23)15-18-7-10-33(11-8-18)25(36)19-3-5-21(6-4-19)38(26,27,28,29)30/h3-6,13-14,16,18H,7-12,15H2,1-2H3,(H,31,35). The Balaban J connectivity index is 1.36. The lowest BCUT2D eigenvalue weighted by molar-refractivity contribution is 0.0681. The van der Waals surface area contributed by atoms with Crippen molar-refractivity contribution >= 4 is 32.9 Å². The molecule has 1 N–H and O–H groups in total. The second-order valence-electron chi connectivity index (χ2n) is 9.55. The van der Waals surface area contributed by atoms with Gasteiger partial charge in [-0.3, -0.25) is 14.3 Å². The van der Waals surface area contributed by atoms with Crippen molar-refractivity contribution < 1.29 is 33.8 Å². The second-order valence-corrected chi connectivity index (χ2v) is 12.0. The minimum Gasteiger partial charge on any atom is -0.383 e. The van der Waals surface area contributed by atoms with Gasteiger partial charge >= 0.3 is 10.2 Å². The van der Waals surface area contributed by atoms with Crippen LogP contribution in [0.2, 0.25) is 0 Å². The fourth-order valence-electron chi connectivity index (χ4n) is 4.55. The van der Waals surface area contributed by atoms with E-state index in [-0.39, 0.29) is 29.5 Å². The van der Waals surface area contributed by atoms with Crippen LogP contribution < -0.4 is 5.32 Å².